The summed E-state index contributed by atoms with van der Waals surface area (Å²) in [6.07, 6.45) is 1.79. The largest absolute Gasteiger partial charge is 0.452 e. The highest BCUT2D eigenvalue weighted by molar-refractivity contribution is 6.21. The first kappa shape index (κ1) is 11.9. The summed E-state index contributed by atoms with van der Waals surface area (Å²) < 4.78 is 5.74. The van der Waals surface area contributed by atoms with Crippen LogP contribution in [0.25, 0.3) is 16.8 Å². The summed E-state index contributed by atoms with van der Waals surface area (Å²) in [5.41, 5.74) is 1.62. The average Bonchev–Trinajstić information content (AvgIpc) is 2.85. The van der Waals surface area contributed by atoms with E-state index in [1.54, 1.807) is 6.08 Å². The number of hydrogen-bond donors (Lipinski definition) is 0. The molecule has 0 aromatic heterocycles. The Morgan fingerprint density at radius 2 is 1.57 bits per heavy atom. The molecule has 0 fully saturated rings. The van der Waals surface area contributed by atoms with Crippen LogP contribution in [-0.4, -0.2) is 5.78 Å². The Morgan fingerprint density at radius 3 is 2.43 bits per heavy atom. The van der Waals surface area contributed by atoms with Crippen LogP contribution in [0.5, 0.6) is 5.75 Å². The average molecular weight is 272 g/mol. The number of hydrogen-bond acceptors (Lipinski definition) is 2. The van der Waals surface area contributed by atoms with Crippen LogP contribution in [0.3, 0.4) is 0 Å². The van der Waals surface area contributed by atoms with Crippen LogP contribution in [0.4, 0.5) is 0 Å². The number of ether oxygens (including phenoxy) is 1. The Bertz CT molecular complexity index is 876. The molecule has 0 saturated carbocycles. The Labute approximate surface area is 122 Å². The number of benzene rings is 3. The molecule has 3 aromatic carbocycles. The van der Waals surface area contributed by atoms with Gasteiger partial charge in [-0.1, -0.05) is 60.7 Å². The molecule has 0 unspecified atom stereocenters. The van der Waals surface area contributed by atoms with Gasteiger partial charge in [0.1, 0.15) is 5.75 Å². The van der Waals surface area contributed by atoms with Crippen molar-refractivity contribution >= 4 is 22.6 Å². The third kappa shape index (κ3) is 1.93. The van der Waals surface area contributed by atoms with Gasteiger partial charge in [0.2, 0.25) is 5.78 Å². The molecule has 100 valence electrons. The fourth-order valence-corrected chi connectivity index (χ4v) is 2.65. The Hall–Kier alpha value is -2.87. The first-order valence-electron chi connectivity index (χ1n) is 6.84. The zero-order valence-electron chi connectivity index (χ0n) is 11.2. The second-order valence-electron chi connectivity index (χ2n) is 5.01. The molecular weight excluding hydrogens is 260 g/mol. The summed E-state index contributed by atoms with van der Waals surface area (Å²) in [7, 11) is 0. The molecule has 2 nitrogen and oxygen atoms in total. The molecule has 3 aromatic rings. The Morgan fingerprint density at radius 1 is 0.810 bits per heavy atom. The molecule has 1 aliphatic rings. The van der Waals surface area contributed by atoms with E-state index in [2.05, 4.69) is 0 Å². The van der Waals surface area contributed by atoms with E-state index < -0.39 is 0 Å². The maximum atomic E-state index is 12.6. The fourth-order valence-electron chi connectivity index (χ4n) is 2.65. The Balaban J connectivity index is 1.86. The normalized spacial score (nSPS) is 15.2. The third-order valence-corrected chi connectivity index (χ3v) is 3.66. The van der Waals surface area contributed by atoms with Gasteiger partial charge in [-0.3, -0.25) is 4.79 Å². The SMILES string of the molecule is O=C1/C(=C/c2ccccc2)Oc2ccc3ccccc3c21. The van der Waals surface area contributed by atoms with Gasteiger partial charge in [0, 0.05) is 0 Å². The van der Waals surface area contributed by atoms with Crippen LogP contribution in [0.15, 0.2) is 72.5 Å². The van der Waals surface area contributed by atoms with Gasteiger partial charge < -0.3 is 4.74 Å². The summed E-state index contributed by atoms with van der Waals surface area (Å²) in [5, 5.41) is 1.99. The summed E-state index contributed by atoms with van der Waals surface area (Å²) in [6.45, 7) is 0. The topological polar surface area (TPSA) is 26.3 Å². The highest BCUT2D eigenvalue weighted by atomic mass is 16.5. The molecule has 1 heterocycles. The van der Waals surface area contributed by atoms with Crippen molar-refractivity contribution in [2.24, 2.45) is 0 Å². The van der Waals surface area contributed by atoms with E-state index in [-0.39, 0.29) is 5.78 Å². The molecular formula is C19H12O2. The number of ketones is 1. The van der Waals surface area contributed by atoms with Gasteiger partial charge in [-0.05, 0) is 28.5 Å². The first-order valence-corrected chi connectivity index (χ1v) is 6.84. The van der Waals surface area contributed by atoms with Crippen molar-refractivity contribution in [3.8, 4) is 5.75 Å². The van der Waals surface area contributed by atoms with E-state index in [1.165, 1.54) is 0 Å². The molecule has 2 heteroatoms. The molecule has 0 radical (unpaired) electrons. The zero-order valence-corrected chi connectivity index (χ0v) is 11.2. The van der Waals surface area contributed by atoms with Gasteiger partial charge in [0.25, 0.3) is 0 Å². The van der Waals surface area contributed by atoms with Crippen molar-refractivity contribution in [3.05, 3.63) is 83.6 Å². The second kappa shape index (κ2) is 4.60. The van der Waals surface area contributed by atoms with E-state index in [0.717, 1.165) is 16.3 Å². The minimum atomic E-state index is -0.0503. The number of carbonyl (C=O) groups is 1. The minimum absolute atomic E-state index is 0.0503. The lowest BCUT2D eigenvalue weighted by Crippen LogP contribution is -1.98. The van der Waals surface area contributed by atoms with Crippen molar-refractivity contribution in [2.45, 2.75) is 0 Å². The van der Waals surface area contributed by atoms with Crippen molar-refractivity contribution in [1.29, 1.82) is 0 Å². The van der Waals surface area contributed by atoms with Crippen LogP contribution >= 0.6 is 0 Å². The standard InChI is InChI=1S/C19H12O2/c20-19-17(12-13-6-2-1-3-7-13)21-16-11-10-14-8-4-5-9-15(14)18(16)19/h1-12H/b17-12-. The number of rotatable bonds is 1. The lowest BCUT2D eigenvalue weighted by atomic mass is 10.0. The molecule has 0 bridgehead atoms. The predicted molar refractivity (Wildman–Crippen MR) is 83.3 cm³/mol. The molecule has 1 aliphatic heterocycles. The van der Waals surface area contributed by atoms with Gasteiger partial charge in [-0.25, -0.2) is 0 Å². The number of carbonyl (C=O) groups excluding carboxylic acids is 1. The van der Waals surface area contributed by atoms with Gasteiger partial charge in [0.05, 0.1) is 5.56 Å². The zero-order chi connectivity index (χ0) is 14.2. The Kier molecular flexibility index (Phi) is 2.61. The fraction of sp³-hybridized carbons (Fsp3) is 0. The minimum Gasteiger partial charge on any atom is -0.452 e. The maximum absolute atomic E-state index is 12.6. The molecule has 0 saturated heterocycles. The van der Waals surface area contributed by atoms with Crippen LogP contribution in [-0.2, 0) is 0 Å². The summed E-state index contributed by atoms with van der Waals surface area (Å²) in [5.74, 6) is 0.971. The predicted octanol–water partition coefficient (Wildman–Crippen LogP) is 4.46. The third-order valence-electron chi connectivity index (χ3n) is 3.66. The lowest BCUT2D eigenvalue weighted by molar-refractivity contribution is 0.101. The van der Waals surface area contributed by atoms with E-state index in [0.29, 0.717) is 17.1 Å². The van der Waals surface area contributed by atoms with Crippen LogP contribution in [0.2, 0.25) is 0 Å². The summed E-state index contributed by atoms with van der Waals surface area (Å²) >= 11 is 0. The van der Waals surface area contributed by atoms with Gasteiger partial charge >= 0.3 is 0 Å². The van der Waals surface area contributed by atoms with E-state index in [9.17, 15) is 4.79 Å². The molecule has 0 aliphatic carbocycles. The van der Waals surface area contributed by atoms with E-state index in [1.807, 2.05) is 66.7 Å². The van der Waals surface area contributed by atoms with Crippen LogP contribution in [0.1, 0.15) is 15.9 Å². The smallest absolute Gasteiger partial charge is 0.232 e. The van der Waals surface area contributed by atoms with Crippen molar-refractivity contribution in [3.63, 3.8) is 0 Å². The maximum Gasteiger partial charge on any atom is 0.232 e. The molecule has 0 N–H and O–H groups in total. The molecule has 0 spiro atoms. The van der Waals surface area contributed by atoms with Gasteiger partial charge in [-0.15, -0.1) is 0 Å². The van der Waals surface area contributed by atoms with Crippen molar-refractivity contribution < 1.29 is 9.53 Å². The van der Waals surface area contributed by atoms with E-state index in [4.69, 9.17) is 4.74 Å². The second-order valence-corrected chi connectivity index (χ2v) is 5.01. The summed E-state index contributed by atoms with van der Waals surface area (Å²) in [4.78, 5) is 12.6. The summed E-state index contributed by atoms with van der Waals surface area (Å²) in [6, 6.07) is 21.4. The van der Waals surface area contributed by atoms with Gasteiger partial charge in [-0.2, -0.15) is 0 Å². The van der Waals surface area contributed by atoms with Crippen LogP contribution < -0.4 is 4.74 Å². The van der Waals surface area contributed by atoms with Crippen molar-refractivity contribution in [2.75, 3.05) is 0 Å². The molecule has 0 amide bonds. The van der Waals surface area contributed by atoms with E-state index >= 15 is 0 Å². The van der Waals surface area contributed by atoms with Gasteiger partial charge in [0.15, 0.2) is 5.76 Å². The van der Waals surface area contributed by atoms with Crippen molar-refractivity contribution in [1.82, 2.24) is 0 Å². The first-order chi connectivity index (χ1) is 10.3. The molecule has 4 rings (SSSR count). The number of Topliss-reactive ketones (excluding diaryl/α,β-unsaturated/α-hetero) is 1. The monoisotopic (exact) mass is 272 g/mol. The molecule has 0 atom stereocenters. The van der Waals surface area contributed by atoms with Crippen LogP contribution in [0, 0.1) is 0 Å². The highest BCUT2D eigenvalue weighted by Gasteiger charge is 2.29. The lowest BCUT2D eigenvalue weighted by Gasteiger charge is -2.01. The highest BCUT2D eigenvalue weighted by Crippen LogP contribution is 2.37. The number of fused-ring (bicyclic) bond motifs is 3. The molecule has 21 heavy (non-hydrogen) atoms. The quantitative estimate of drug-likeness (QED) is 0.611. The number of allylic oxidation sites excluding steroid dienone is 1.